The number of hydrogen-bond donors (Lipinski definition) is 8. The van der Waals surface area contributed by atoms with Gasteiger partial charge in [0.2, 0.25) is 0 Å². The number of hydrogen-bond acceptors (Lipinski definition) is 8. The van der Waals surface area contributed by atoms with Crippen LogP contribution in [0.3, 0.4) is 0 Å². The van der Waals surface area contributed by atoms with E-state index in [1.165, 1.54) is 0 Å². The molecule has 0 radical (unpaired) electrons. The van der Waals surface area contributed by atoms with Crippen LogP contribution in [0.5, 0.6) is 0 Å². The van der Waals surface area contributed by atoms with E-state index in [0.717, 1.165) is 27.7 Å². The summed E-state index contributed by atoms with van der Waals surface area (Å²) in [6, 6.07) is 0. The SMILES string of the molecule is CC(=O)O.CC(=O)O.CC(=O)O.CC(=O)O.OC[C@@H](O)[C@H](S)CS. The number of aliphatic hydroxyl groups excluding tert-OH is 2. The first kappa shape index (κ1) is 34.0. The quantitative estimate of drug-likeness (QED) is 0.301. The van der Waals surface area contributed by atoms with Crippen LogP contribution in [0.2, 0.25) is 0 Å². The molecule has 6 N–H and O–H groups in total. The monoisotopic (exact) mass is 394 g/mol. The maximum atomic E-state index is 9.00. The first-order valence-electron chi connectivity index (χ1n) is 6.01. The lowest BCUT2D eigenvalue weighted by Gasteiger charge is -2.11. The summed E-state index contributed by atoms with van der Waals surface area (Å²) in [7, 11) is 0. The summed E-state index contributed by atoms with van der Waals surface area (Å²) in [6.45, 7) is 4.09. The maximum Gasteiger partial charge on any atom is 0.300 e. The Hall–Kier alpha value is -1.50. The van der Waals surface area contributed by atoms with Gasteiger partial charge >= 0.3 is 0 Å². The molecule has 24 heavy (non-hydrogen) atoms. The molecule has 2 atom stereocenters. The van der Waals surface area contributed by atoms with Crippen molar-refractivity contribution in [3.63, 3.8) is 0 Å². The van der Waals surface area contributed by atoms with Crippen LogP contribution < -0.4 is 0 Å². The molecule has 0 aromatic rings. The summed E-state index contributed by atoms with van der Waals surface area (Å²) in [5.41, 5.74) is 0. The molecule has 0 bridgehead atoms. The molecule has 0 aromatic heterocycles. The Labute approximate surface area is 150 Å². The van der Waals surface area contributed by atoms with Crippen molar-refractivity contribution in [3.05, 3.63) is 0 Å². The summed E-state index contributed by atoms with van der Waals surface area (Å²) in [5.74, 6) is -2.86. The Morgan fingerprint density at radius 1 is 0.792 bits per heavy atom. The van der Waals surface area contributed by atoms with Crippen LogP contribution in [0.4, 0.5) is 0 Å². The molecule has 0 amide bonds. The Bertz CT molecular complexity index is 264. The van der Waals surface area contributed by atoms with Crippen molar-refractivity contribution in [3.8, 4) is 0 Å². The van der Waals surface area contributed by atoms with Gasteiger partial charge in [0.05, 0.1) is 12.7 Å². The van der Waals surface area contributed by atoms with Crippen LogP contribution in [0, 0.1) is 0 Å². The van der Waals surface area contributed by atoms with Crippen LogP contribution in [-0.4, -0.2) is 78.2 Å². The summed E-state index contributed by atoms with van der Waals surface area (Å²) >= 11 is 7.78. The second-order valence-electron chi connectivity index (χ2n) is 3.58. The second-order valence-corrected chi connectivity index (χ2v) is 4.60. The average Bonchev–Trinajstić information content (AvgIpc) is 2.34. The van der Waals surface area contributed by atoms with Gasteiger partial charge in [-0.25, -0.2) is 0 Å². The molecular weight excluding hydrogens is 368 g/mol. The van der Waals surface area contributed by atoms with Gasteiger partial charge in [0, 0.05) is 38.7 Å². The standard InChI is InChI=1S/C4H10O2S2.4C2H4O2/c5-1-3(6)4(8)2-7;4*1-2(3)4/h3-8H,1-2H2;4*1H3,(H,3,4)/t3-,4-;;;;/m1..../s1. The molecule has 0 rings (SSSR count). The van der Waals surface area contributed by atoms with Crippen molar-refractivity contribution < 1.29 is 49.8 Å². The van der Waals surface area contributed by atoms with Crippen molar-refractivity contribution in [1.29, 1.82) is 0 Å². The van der Waals surface area contributed by atoms with Crippen molar-refractivity contribution in [2.75, 3.05) is 12.4 Å². The third-order valence-corrected chi connectivity index (χ3v) is 2.03. The summed E-state index contributed by atoms with van der Waals surface area (Å²) in [6.07, 6.45) is -0.740. The van der Waals surface area contributed by atoms with E-state index in [-0.39, 0.29) is 11.9 Å². The Morgan fingerprint density at radius 3 is 1.00 bits per heavy atom. The molecule has 0 aliphatic rings. The molecule has 0 aromatic carbocycles. The van der Waals surface area contributed by atoms with Crippen LogP contribution >= 0.6 is 25.3 Å². The van der Waals surface area contributed by atoms with Gasteiger partial charge in [0.15, 0.2) is 0 Å². The Kier molecular flexibility index (Phi) is 37.4. The molecule has 0 saturated heterocycles. The number of carboxylic acids is 4. The lowest BCUT2D eigenvalue weighted by molar-refractivity contribution is -0.135. The smallest absolute Gasteiger partial charge is 0.300 e. The fraction of sp³-hybridized carbons (Fsp3) is 0.667. The lowest BCUT2D eigenvalue weighted by Crippen LogP contribution is -2.25. The molecule has 0 saturated carbocycles. The van der Waals surface area contributed by atoms with E-state index in [0.29, 0.717) is 5.75 Å². The van der Waals surface area contributed by atoms with Crippen LogP contribution in [-0.2, 0) is 19.2 Å². The summed E-state index contributed by atoms with van der Waals surface area (Å²) in [4.78, 5) is 36.0. The van der Waals surface area contributed by atoms with Gasteiger partial charge in [-0.2, -0.15) is 25.3 Å². The molecule has 0 fully saturated rings. The molecule has 10 nitrogen and oxygen atoms in total. The van der Waals surface area contributed by atoms with E-state index < -0.39 is 30.0 Å². The highest BCUT2D eigenvalue weighted by Gasteiger charge is 2.10. The van der Waals surface area contributed by atoms with E-state index in [4.69, 9.17) is 49.8 Å². The third kappa shape index (κ3) is 184. The van der Waals surface area contributed by atoms with E-state index in [2.05, 4.69) is 25.3 Å². The lowest BCUT2D eigenvalue weighted by atomic mass is 10.3. The molecule has 0 aliphatic heterocycles. The van der Waals surface area contributed by atoms with Gasteiger partial charge < -0.3 is 30.6 Å². The van der Waals surface area contributed by atoms with E-state index in [9.17, 15) is 0 Å². The van der Waals surface area contributed by atoms with Crippen LogP contribution in [0.25, 0.3) is 0 Å². The van der Waals surface area contributed by atoms with E-state index in [1.807, 2.05) is 0 Å². The Morgan fingerprint density at radius 2 is 0.958 bits per heavy atom. The van der Waals surface area contributed by atoms with Gasteiger partial charge in [0.25, 0.3) is 23.9 Å². The van der Waals surface area contributed by atoms with Crippen molar-refractivity contribution >= 4 is 49.1 Å². The maximum absolute atomic E-state index is 9.00. The van der Waals surface area contributed by atoms with E-state index >= 15 is 0 Å². The normalized spacial score (nSPS) is 10.2. The van der Waals surface area contributed by atoms with Crippen molar-refractivity contribution in [1.82, 2.24) is 0 Å². The Balaban J connectivity index is -0.0000000657. The van der Waals surface area contributed by atoms with Crippen LogP contribution in [0.15, 0.2) is 0 Å². The van der Waals surface area contributed by atoms with E-state index in [1.54, 1.807) is 0 Å². The first-order chi connectivity index (χ1) is 10.6. The fourth-order valence-corrected chi connectivity index (χ4v) is 0.581. The fourth-order valence-electron chi connectivity index (χ4n) is 0.243. The minimum atomic E-state index is -0.833. The van der Waals surface area contributed by atoms with Gasteiger partial charge in [-0.05, 0) is 0 Å². The number of aliphatic hydroxyl groups is 2. The first-order valence-corrected chi connectivity index (χ1v) is 7.16. The topological polar surface area (TPSA) is 190 Å². The van der Waals surface area contributed by atoms with Gasteiger partial charge in [-0.1, -0.05) is 0 Å². The zero-order valence-electron chi connectivity index (χ0n) is 13.8. The number of carboxylic acid groups (broad SMARTS) is 4. The third-order valence-electron chi connectivity index (χ3n) is 0.818. The molecule has 0 heterocycles. The highest BCUT2D eigenvalue weighted by Crippen LogP contribution is 2.02. The van der Waals surface area contributed by atoms with Crippen molar-refractivity contribution in [2.24, 2.45) is 0 Å². The zero-order valence-corrected chi connectivity index (χ0v) is 15.6. The number of aliphatic carboxylic acids is 4. The average molecular weight is 394 g/mol. The van der Waals surface area contributed by atoms with Gasteiger partial charge in [-0.15, -0.1) is 0 Å². The molecule has 0 spiro atoms. The zero-order chi connectivity index (χ0) is 20.9. The molecule has 12 heteroatoms. The van der Waals surface area contributed by atoms with Gasteiger partial charge in [0.1, 0.15) is 0 Å². The highest BCUT2D eigenvalue weighted by atomic mass is 32.1. The molecule has 0 unspecified atom stereocenters. The molecule has 0 aliphatic carbocycles. The predicted molar refractivity (Wildman–Crippen MR) is 93.0 cm³/mol. The molecule has 146 valence electrons. The largest absolute Gasteiger partial charge is 0.481 e. The number of rotatable bonds is 3. The van der Waals surface area contributed by atoms with Crippen molar-refractivity contribution in [2.45, 2.75) is 39.0 Å². The minimum absolute atomic E-state index is 0.219. The second kappa shape index (κ2) is 26.4. The summed E-state index contributed by atoms with van der Waals surface area (Å²) < 4.78 is 0. The number of carbonyl (C=O) groups is 4. The molecular formula is C12H26O10S2. The van der Waals surface area contributed by atoms with Gasteiger partial charge in [-0.3, -0.25) is 19.2 Å². The minimum Gasteiger partial charge on any atom is -0.481 e. The van der Waals surface area contributed by atoms with Crippen LogP contribution in [0.1, 0.15) is 27.7 Å². The summed E-state index contributed by atoms with van der Waals surface area (Å²) in [5, 5.41) is 46.5. The highest BCUT2D eigenvalue weighted by molar-refractivity contribution is 7.84. The number of thiol groups is 2. The predicted octanol–water partition coefficient (Wildman–Crippen LogP) is -0.0686.